The van der Waals surface area contributed by atoms with E-state index in [1.807, 2.05) is 26.8 Å². The van der Waals surface area contributed by atoms with Crippen molar-refractivity contribution in [3.63, 3.8) is 0 Å². The number of nitrogens with two attached hydrogens (primary N) is 1. The lowest BCUT2D eigenvalue weighted by Gasteiger charge is -2.19. The fourth-order valence-electron chi connectivity index (χ4n) is 4.28. The van der Waals surface area contributed by atoms with Gasteiger partial charge in [0.1, 0.15) is 11.5 Å². The van der Waals surface area contributed by atoms with E-state index in [0.717, 1.165) is 47.6 Å². The predicted octanol–water partition coefficient (Wildman–Crippen LogP) is 3.82. The van der Waals surface area contributed by atoms with Gasteiger partial charge in [-0.15, -0.1) is 0 Å². The lowest BCUT2D eigenvalue weighted by Crippen LogP contribution is -2.42. The van der Waals surface area contributed by atoms with Crippen LogP contribution in [-0.2, 0) is 29.1 Å². The monoisotopic (exact) mass is 539 g/mol. The van der Waals surface area contributed by atoms with Crippen molar-refractivity contribution in [2.45, 2.75) is 65.3 Å². The number of aliphatic carboxylic acids is 1. The maximum Gasteiger partial charge on any atom is 0.490 e. The quantitative estimate of drug-likeness (QED) is 0.382. The highest BCUT2D eigenvalue weighted by Gasteiger charge is 2.38. The molecule has 0 unspecified atom stereocenters. The van der Waals surface area contributed by atoms with Crippen LogP contribution in [-0.4, -0.2) is 58.9 Å². The molecule has 1 atom stereocenters. The second-order valence-electron chi connectivity index (χ2n) is 9.25. The molecule has 1 saturated heterocycles. The van der Waals surface area contributed by atoms with Gasteiger partial charge in [0.2, 0.25) is 5.91 Å². The summed E-state index contributed by atoms with van der Waals surface area (Å²) < 4.78 is 37.5. The molecular weight excluding hydrogens is 503 g/mol. The number of carboxylic acids is 1. The van der Waals surface area contributed by atoms with Gasteiger partial charge in [-0.1, -0.05) is 6.07 Å². The molecule has 5 N–H and O–H groups in total. The summed E-state index contributed by atoms with van der Waals surface area (Å²) in [6.45, 7) is 9.97. The Morgan fingerprint density at radius 1 is 1.13 bits per heavy atom. The normalized spacial score (nSPS) is 14.4. The Labute approximate surface area is 220 Å². The Bertz CT molecular complexity index is 1080. The number of hydrogen-bond donors (Lipinski definition) is 4. The highest BCUT2D eigenvalue weighted by Crippen LogP contribution is 2.24. The molecule has 210 valence electrons. The van der Waals surface area contributed by atoms with Gasteiger partial charge in [0.05, 0.1) is 12.6 Å². The van der Waals surface area contributed by atoms with Gasteiger partial charge >= 0.3 is 12.1 Å². The third-order valence-corrected chi connectivity index (χ3v) is 6.17. The first-order chi connectivity index (χ1) is 17.8. The zero-order valence-corrected chi connectivity index (χ0v) is 21.9. The molecule has 11 heteroatoms. The first-order valence-electron chi connectivity index (χ1n) is 12.4. The van der Waals surface area contributed by atoms with Crippen LogP contribution in [0.1, 0.15) is 47.6 Å². The number of benzene rings is 2. The number of phenolic OH excluding ortho intramolecular Hbond substituents is 1. The molecule has 1 fully saturated rings. The van der Waals surface area contributed by atoms with E-state index in [-0.39, 0.29) is 11.7 Å². The van der Waals surface area contributed by atoms with Crippen molar-refractivity contribution >= 4 is 11.9 Å². The number of aryl methyl sites for hydroxylation is 2. The standard InChI is InChI=1S/C25H35N3O3.C2HF3O2/c1-4-31-24-8-7-19(16-28-9-5-6-10-28)13-20(24)15-27-25(30)23(26)14-22-17(2)11-21(29)12-18(22)3;3-2(4,5)1(6)7/h7-8,11-13,23,29H,4-6,9-10,14-16,26H2,1-3H3,(H,27,30);(H,6,7)/t23-;/m0./s1. The van der Waals surface area contributed by atoms with Crippen LogP contribution in [0.2, 0.25) is 0 Å². The van der Waals surface area contributed by atoms with Gasteiger partial charge in [0.25, 0.3) is 0 Å². The molecule has 8 nitrogen and oxygen atoms in total. The van der Waals surface area contributed by atoms with Crippen LogP contribution >= 0.6 is 0 Å². The van der Waals surface area contributed by atoms with Crippen LogP contribution in [0, 0.1) is 13.8 Å². The molecule has 1 amide bonds. The number of nitrogens with one attached hydrogen (secondary N) is 1. The minimum Gasteiger partial charge on any atom is -0.508 e. The SMILES string of the molecule is CCOc1ccc(CN2CCCC2)cc1CNC(=O)[C@@H](N)Cc1c(C)cc(O)cc1C.O=C(O)C(F)(F)F. The Balaban J connectivity index is 0.000000638. The van der Waals surface area contributed by atoms with Crippen LogP contribution in [0.4, 0.5) is 13.2 Å². The van der Waals surface area contributed by atoms with E-state index in [1.54, 1.807) is 12.1 Å². The van der Waals surface area contributed by atoms with Crippen LogP contribution in [0.15, 0.2) is 30.3 Å². The van der Waals surface area contributed by atoms with Crippen LogP contribution in [0.25, 0.3) is 0 Å². The Kier molecular flexibility index (Phi) is 11.4. The molecule has 0 aliphatic carbocycles. The lowest BCUT2D eigenvalue weighted by atomic mass is 9.96. The van der Waals surface area contributed by atoms with Crippen molar-refractivity contribution in [3.05, 3.63) is 58.1 Å². The number of hydrogen-bond acceptors (Lipinski definition) is 6. The number of nitrogens with zero attached hydrogens (tertiary/aromatic N) is 1. The Morgan fingerprint density at radius 2 is 1.71 bits per heavy atom. The highest BCUT2D eigenvalue weighted by molar-refractivity contribution is 5.82. The number of ether oxygens (including phenoxy) is 1. The summed E-state index contributed by atoms with van der Waals surface area (Å²) in [6.07, 6.45) is -2.13. The summed E-state index contributed by atoms with van der Waals surface area (Å²) >= 11 is 0. The second kappa shape index (κ2) is 14.0. The molecule has 1 aliphatic rings. The smallest absolute Gasteiger partial charge is 0.490 e. The summed E-state index contributed by atoms with van der Waals surface area (Å²) in [5, 5.41) is 19.8. The third kappa shape index (κ3) is 9.53. The van der Waals surface area contributed by atoms with Crippen LogP contribution < -0.4 is 15.8 Å². The topological polar surface area (TPSA) is 125 Å². The van der Waals surface area contributed by atoms with Gasteiger partial charge < -0.3 is 26.0 Å². The fraction of sp³-hybridized carbons (Fsp3) is 0.481. The van der Waals surface area contributed by atoms with Gasteiger partial charge in [-0.25, -0.2) is 4.79 Å². The molecular formula is C27H36F3N3O5. The average molecular weight is 540 g/mol. The number of phenols is 1. The molecule has 0 radical (unpaired) electrons. The van der Waals surface area contributed by atoms with Gasteiger partial charge in [-0.2, -0.15) is 13.2 Å². The predicted molar refractivity (Wildman–Crippen MR) is 137 cm³/mol. The Morgan fingerprint density at radius 3 is 2.24 bits per heavy atom. The molecule has 0 spiro atoms. The first kappa shape index (κ1) is 30.9. The number of carbonyl (C=O) groups excluding carboxylic acids is 1. The summed E-state index contributed by atoms with van der Waals surface area (Å²) in [4.78, 5) is 24.1. The average Bonchev–Trinajstić information content (AvgIpc) is 3.34. The van der Waals surface area contributed by atoms with E-state index in [0.29, 0.717) is 19.6 Å². The van der Waals surface area contributed by atoms with Crippen LogP contribution in [0.3, 0.4) is 0 Å². The van der Waals surface area contributed by atoms with E-state index >= 15 is 0 Å². The van der Waals surface area contributed by atoms with E-state index in [4.69, 9.17) is 20.4 Å². The molecule has 0 aromatic heterocycles. The maximum atomic E-state index is 12.7. The zero-order chi connectivity index (χ0) is 28.5. The summed E-state index contributed by atoms with van der Waals surface area (Å²) in [5.74, 6) is -1.92. The number of carboxylic acid groups (broad SMARTS) is 1. The van der Waals surface area contributed by atoms with E-state index < -0.39 is 18.2 Å². The zero-order valence-electron chi connectivity index (χ0n) is 21.9. The number of rotatable bonds is 9. The summed E-state index contributed by atoms with van der Waals surface area (Å²) in [5.41, 5.74) is 11.3. The lowest BCUT2D eigenvalue weighted by molar-refractivity contribution is -0.192. The molecule has 1 aliphatic heterocycles. The van der Waals surface area contributed by atoms with Crippen molar-refractivity contribution in [2.75, 3.05) is 19.7 Å². The largest absolute Gasteiger partial charge is 0.508 e. The van der Waals surface area contributed by atoms with Crippen LogP contribution in [0.5, 0.6) is 11.5 Å². The maximum absolute atomic E-state index is 12.7. The van der Waals surface area contributed by atoms with Gasteiger partial charge in [0.15, 0.2) is 0 Å². The first-order valence-corrected chi connectivity index (χ1v) is 12.4. The number of halogens is 3. The summed E-state index contributed by atoms with van der Waals surface area (Å²) in [7, 11) is 0. The van der Waals surface area contributed by atoms with E-state index in [2.05, 4.69) is 22.3 Å². The molecule has 2 aromatic carbocycles. The van der Waals surface area contributed by atoms with Gasteiger partial charge in [0, 0.05) is 18.7 Å². The Hall–Kier alpha value is -3.31. The second-order valence-corrected chi connectivity index (χ2v) is 9.25. The molecule has 0 bridgehead atoms. The molecule has 3 rings (SSSR count). The number of alkyl halides is 3. The van der Waals surface area contributed by atoms with E-state index in [1.165, 1.54) is 18.4 Å². The van der Waals surface area contributed by atoms with Crippen molar-refractivity contribution in [2.24, 2.45) is 5.73 Å². The number of amides is 1. The van der Waals surface area contributed by atoms with Crippen molar-refractivity contribution in [1.82, 2.24) is 10.2 Å². The fourth-order valence-corrected chi connectivity index (χ4v) is 4.28. The number of likely N-dealkylation sites (tertiary alicyclic amines) is 1. The van der Waals surface area contributed by atoms with E-state index in [9.17, 15) is 23.1 Å². The highest BCUT2D eigenvalue weighted by atomic mass is 19.4. The molecule has 2 aromatic rings. The van der Waals surface area contributed by atoms with Crippen molar-refractivity contribution < 1.29 is 37.7 Å². The van der Waals surface area contributed by atoms with Crippen molar-refractivity contribution in [1.29, 1.82) is 0 Å². The number of aromatic hydroxyl groups is 1. The third-order valence-electron chi connectivity index (χ3n) is 6.17. The molecule has 0 saturated carbocycles. The molecule has 38 heavy (non-hydrogen) atoms. The van der Waals surface area contributed by atoms with Gasteiger partial charge in [-0.05, 0) is 99.6 Å². The minimum atomic E-state index is -5.08. The van der Waals surface area contributed by atoms with Gasteiger partial charge in [-0.3, -0.25) is 9.69 Å². The number of carbonyl (C=O) groups is 2. The minimum absolute atomic E-state index is 0.195. The van der Waals surface area contributed by atoms with Crippen molar-refractivity contribution in [3.8, 4) is 11.5 Å². The summed E-state index contributed by atoms with van der Waals surface area (Å²) in [6, 6.07) is 8.98. The molecule has 1 heterocycles.